The topological polar surface area (TPSA) is 96.1 Å². The van der Waals surface area contributed by atoms with E-state index < -0.39 is 0 Å². The molecular weight excluding hydrogens is 206 g/mol. The fourth-order valence-electron chi connectivity index (χ4n) is 1.33. The molecule has 90 valence electrons. The molecule has 0 aliphatic carbocycles. The van der Waals surface area contributed by atoms with Gasteiger partial charge in [-0.05, 0) is 20.3 Å². The zero-order valence-electron chi connectivity index (χ0n) is 9.70. The SMILES string of the molecule is CCNc1cc(NC(C)CCO)nc(N)n1. The lowest BCUT2D eigenvalue weighted by atomic mass is 10.2. The van der Waals surface area contributed by atoms with Crippen LogP contribution < -0.4 is 16.4 Å². The number of nitrogens with one attached hydrogen (secondary N) is 2. The minimum Gasteiger partial charge on any atom is -0.396 e. The third-order valence-corrected chi connectivity index (χ3v) is 2.06. The van der Waals surface area contributed by atoms with Crippen molar-refractivity contribution in [1.29, 1.82) is 0 Å². The van der Waals surface area contributed by atoms with Crippen molar-refractivity contribution in [2.24, 2.45) is 0 Å². The maximum atomic E-state index is 8.80. The van der Waals surface area contributed by atoms with E-state index in [0.717, 1.165) is 6.54 Å². The Morgan fingerprint density at radius 1 is 1.44 bits per heavy atom. The number of rotatable bonds is 6. The van der Waals surface area contributed by atoms with Crippen molar-refractivity contribution in [3.8, 4) is 0 Å². The third kappa shape index (κ3) is 3.90. The zero-order valence-corrected chi connectivity index (χ0v) is 9.70. The maximum absolute atomic E-state index is 8.80. The van der Waals surface area contributed by atoms with E-state index in [-0.39, 0.29) is 18.6 Å². The summed E-state index contributed by atoms with van der Waals surface area (Å²) in [5.74, 6) is 1.61. The van der Waals surface area contributed by atoms with Crippen LogP contribution in [0.5, 0.6) is 0 Å². The molecule has 1 rings (SSSR count). The van der Waals surface area contributed by atoms with Crippen LogP contribution in [0.2, 0.25) is 0 Å². The molecule has 0 bridgehead atoms. The molecule has 1 unspecified atom stereocenters. The van der Waals surface area contributed by atoms with Gasteiger partial charge in [-0.1, -0.05) is 0 Å². The first-order chi connectivity index (χ1) is 7.65. The maximum Gasteiger partial charge on any atom is 0.223 e. The first-order valence-corrected chi connectivity index (χ1v) is 5.41. The Hall–Kier alpha value is -1.56. The van der Waals surface area contributed by atoms with E-state index in [0.29, 0.717) is 18.1 Å². The van der Waals surface area contributed by atoms with Gasteiger partial charge in [-0.15, -0.1) is 0 Å². The molecule has 5 N–H and O–H groups in total. The van der Waals surface area contributed by atoms with Crippen molar-refractivity contribution in [3.05, 3.63) is 6.07 Å². The number of aliphatic hydroxyl groups excluding tert-OH is 1. The standard InChI is InChI=1S/C10H19N5O/c1-3-12-8-6-9(15-10(11)14-8)13-7(2)4-5-16/h6-7,16H,3-5H2,1-2H3,(H4,11,12,13,14,15). The Morgan fingerprint density at radius 3 is 2.75 bits per heavy atom. The van der Waals surface area contributed by atoms with Gasteiger partial charge in [-0.2, -0.15) is 9.97 Å². The van der Waals surface area contributed by atoms with Gasteiger partial charge in [0.05, 0.1) is 0 Å². The fraction of sp³-hybridized carbons (Fsp3) is 0.600. The molecule has 0 saturated heterocycles. The van der Waals surface area contributed by atoms with Gasteiger partial charge >= 0.3 is 0 Å². The Morgan fingerprint density at radius 2 is 2.12 bits per heavy atom. The minimum atomic E-state index is 0.147. The molecule has 1 aromatic heterocycles. The minimum absolute atomic E-state index is 0.147. The summed E-state index contributed by atoms with van der Waals surface area (Å²) in [5.41, 5.74) is 5.59. The summed E-state index contributed by atoms with van der Waals surface area (Å²) in [7, 11) is 0. The molecule has 0 radical (unpaired) electrons. The van der Waals surface area contributed by atoms with Crippen LogP contribution >= 0.6 is 0 Å². The second kappa shape index (κ2) is 6.12. The summed E-state index contributed by atoms with van der Waals surface area (Å²) in [4.78, 5) is 8.12. The van der Waals surface area contributed by atoms with Crippen molar-refractivity contribution in [2.75, 3.05) is 29.5 Å². The van der Waals surface area contributed by atoms with Gasteiger partial charge in [-0.3, -0.25) is 0 Å². The molecule has 1 aromatic rings. The number of nitrogen functional groups attached to an aromatic ring is 1. The van der Waals surface area contributed by atoms with Gasteiger partial charge in [0.1, 0.15) is 11.6 Å². The normalized spacial score (nSPS) is 12.2. The van der Waals surface area contributed by atoms with E-state index in [4.69, 9.17) is 10.8 Å². The van der Waals surface area contributed by atoms with Gasteiger partial charge in [0.15, 0.2) is 0 Å². The fourth-order valence-corrected chi connectivity index (χ4v) is 1.33. The monoisotopic (exact) mass is 225 g/mol. The summed E-state index contributed by atoms with van der Waals surface area (Å²) in [6.45, 7) is 4.89. The van der Waals surface area contributed by atoms with Crippen molar-refractivity contribution >= 4 is 17.6 Å². The molecule has 0 aliphatic rings. The van der Waals surface area contributed by atoms with Crippen LogP contribution in [0.4, 0.5) is 17.6 Å². The highest BCUT2D eigenvalue weighted by atomic mass is 16.3. The lowest BCUT2D eigenvalue weighted by Crippen LogP contribution is -2.18. The van der Waals surface area contributed by atoms with E-state index >= 15 is 0 Å². The van der Waals surface area contributed by atoms with Crippen LogP contribution in [0.1, 0.15) is 20.3 Å². The highest BCUT2D eigenvalue weighted by Crippen LogP contribution is 2.13. The van der Waals surface area contributed by atoms with Gasteiger partial charge in [0, 0.05) is 25.3 Å². The van der Waals surface area contributed by atoms with Gasteiger partial charge in [0.2, 0.25) is 5.95 Å². The summed E-state index contributed by atoms with van der Waals surface area (Å²) in [6.07, 6.45) is 0.667. The van der Waals surface area contributed by atoms with E-state index in [9.17, 15) is 0 Å². The lowest BCUT2D eigenvalue weighted by molar-refractivity contribution is 0.282. The number of nitrogens with zero attached hydrogens (tertiary/aromatic N) is 2. The molecule has 16 heavy (non-hydrogen) atoms. The van der Waals surface area contributed by atoms with Crippen LogP contribution in [0, 0.1) is 0 Å². The second-order valence-corrected chi connectivity index (χ2v) is 3.58. The number of aliphatic hydroxyl groups is 1. The molecule has 0 spiro atoms. The van der Waals surface area contributed by atoms with E-state index in [2.05, 4.69) is 20.6 Å². The van der Waals surface area contributed by atoms with Gasteiger partial charge < -0.3 is 21.5 Å². The van der Waals surface area contributed by atoms with Crippen molar-refractivity contribution in [1.82, 2.24) is 9.97 Å². The van der Waals surface area contributed by atoms with E-state index in [1.54, 1.807) is 6.07 Å². The summed E-state index contributed by atoms with van der Waals surface area (Å²) < 4.78 is 0. The Labute approximate surface area is 95.3 Å². The molecule has 1 atom stereocenters. The molecular formula is C10H19N5O. The molecule has 0 amide bonds. The molecule has 0 aromatic carbocycles. The molecule has 6 heteroatoms. The first kappa shape index (κ1) is 12.5. The third-order valence-electron chi connectivity index (χ3n) is 2.06. The quantitative estimate of drug-likeness (QED) is 0.568. The zero-order chi connectivity index (χ0) is 12.0. The van der Waals surface area contributed by atoms with Crippen LogP contribution in [-0.4, -0.2) is 34.3 Å². The number of aromatic nitrogens is 2. The molecule has 0 fully saturated rings. The largest absolute Gasteiger partial charge is 0.396 e. The van der Waals surface area contributed by atoms with Crippen LogP contribution in [0.25, 0.3) is 0 Å². The van der Waals surface area contributed by atoms with Crippen LogP contribution in [0.15, 0.2) is 6.07 Å². The lowest BCUT2D eigenvalue weighted by Gasteiger charge is -2.14. The summed E-state index contributed by atoms with van der Waals surface area (Å²) in [5, 5.41) is 15.0. The van der Waals surface area contributed by atoms with E-state index in [1.165, 1.54) is 0 Å². The Bertz CT molecular complexity index is 331. The van der Waals surface area contributed by atoms with E-state index in [1.807, 2.05) is 13.8 Å². The van der Waals surface area contributed by atoms with Crippen molar-refractivity contribution in [2.45, 2.75) is 26.3 Å². The predicted octanol–water partition coefficient (Wildman–Crippen LogP) is 0.673. The Kier molecular flexibility index (Phi) is 4.78. The highest BCUT2D eigenvalue weighted by Gasteiger charge is 2.05. The summed E-state index contributed by atoms with van der Waals surface area (Å²) in [6, 6.07) is 1.95. The number of anilines is 3. The number of hydrogen-bond donors (Lipinski definition) is 4. The smallest absolute Gasteiger partial charge is 0.223 e. The van der Waals surface area contributed by atoms with Gasteiger partial charge in [0.25, 0.3) is 0 Å². The average Bonchev–Trinajstić information content (AvgIpc) is 2.17. The molecule has 1 heterocycles. The van der Waals surface area contributed by atoms with Gasteiger partial charge in [-0.25, -0.2) is 0 Å². The Balaban J connectivity index is 2.71. The number of hydrogen-bond acceptors (Lipinski definition) is 6. The summed E-state index contributed by atoms with van der Waals surface area (Å²) >= 11 is 0. The predicted molar refractivity (Wildman–Crippen MR) is 65.4 cm³/mol. The average molecular weight is 225 g/mol. The molecule has 6 nitrogen and oxygen atoms in total. The molecule has 0 aliphatic heterocycles. The molecule has 0 saturated carbocycles. The second-order valence-electron chi connectivity index (χ2n) is 3.58. The first-order valence-electron chi connectivity index (χ1n) is 5.41. The van der Waals surface area contributed by atoms with Crippen LogP contribution in [0.3, 0.4) is 0 Å². The number of nitrogens with two attached hydrogens (primary N) is 1. The van der Waals surface area contributed by atoms with Crippen molar-refractivity contribution in [3.63, 3.8) is 0 Å². The highest BCUT2D eigenvalue weighted by molar-refractivity contribution is 5.51. The van der Waals surface area contributed by atoms with Crippen molar-refractivity contribution < 1.29 is 5.11 Å². The van der Waals surface area contributed by atoms with Crippen LogP contribution in [-0.2, 0) is 0 Å².